The fraction of sp³-hybridized carbons (Fsp3) is 0.560. The van der Waals surface area contributed by atoms with Crippen LogP contribution in [0.3, 0.4) is 0 Å². The first kappa shape index (κ1) is 23.0. The van der Waals surface area contributed by atoms with Gasteiger partial charge >= 0.3 is 6.03 Å². The minimum atomic E-state index is -0.279. The van der Waals surface area contributed by atoms with Gasteiger partial charge in [0.15, 0.2) is 0 Å². The van der Waals surface area contributed by atoms with E-state index in [2.05, 4.69) is 89.6 Å². The number of anilines is 1. The van der Waals surface area contributed by atoms with Gasteiger partial charge < -0.3 is 14.7 Å². The number of unbranched alkanes of at least 4 members (excludes halogenated alkanes) is 1. The standard InChI is InChI=1S/C25H37N5O/c1-24(2,3)29(14-10-9-13-21-11-7-6-8-12-21)23(31)30-16-15-28(19-25(30,4)5)22-17-26-20-27-18-22/h6-8,11-12,17-18,20H,9-10,13-16,19H2,1-5H3. The van der Waals surface area contributed by atoms with Gasteiger partial charge in [-0.15, -0.1) is 0 Å². The molecule has 0 N–H and O–H groups in total. The molecule has 0 bridgehead atoms. The highest BCUT2D eigenvalue weighted by molar-refractivity contribution is 5.76. The van der Waals surface area contributed by atoms with Crippen molar-refractivity contribution >= 4 is 11.7 Å². The van der Waals surface area contributed by atoms with Gasteiger partial charge in [0.05, 0.1) is 23.6 Å². The number of carbonyl (C=O) groups is 1. The third-order valence-corrected chi connectivity index (χ3v) is 6.03. The van der Waals surface area contributed by atoms with Gasteiger partial charge in [0.2, 0.25) is 0 Å². The average molecular weight is 424 g/mol. The van der Waals surface area contributed by atoms with Crippen LogP contribution in [-0.2, 0) is 6.42 Å². The minimum Gasteiger partial charge on any atom is -0.365 e. The molecule has 2 aromatic rings. The molecule has 6 nitrogen and oxygen atoms in total. The average Bonchev–Trinajstić information content (AvgIpc) is 2.73. The van der Waals surface area contributed by atoms with Crippen LogP contribution in [0.1, 0.15) is 53.0 Å². The SMILES string of the molecule is CC(C)(C)N(CCCCc1ccccc1)C(=O)N1CCN(c2cncnc2)CC1(C)C. The van der Waals surface area contributed by atoms with Crippen molar-refractivity contribution in [3.8, 4) is 0 Å². The van der Waals surface area contributed by atoms with E-state index >= 15 is 0 Å². The molecule has 0 spiro atoms. The topological polar surface area (TPSA) is 52.6 Å². The molecule has 31 heavy (non-hydrogen) atoms. The van der Waals surface area contributed by atoms with Crippen molar-refractivity contribution in [3.63, 3.8) is 0 Å². The zero-order valence-electron chi connectivity index (χ0n) is 19.7. The monoisotopic (exact) mass is 423 g/mol. The first-order valence-corrected chi connectivity index (χ1v) is 11.3. The summed E-state index contributed by atoms with van der Waals surface area (Å²) in [7, 11) is 0. The number of piperazine rings is 1. The number of hydrogen-bond acceptors (Lipinski definition) is 4. The summed E-state index contributed by atoms with van der Waals surface area (Å²) in [5.74, 6) is 0. The van der Waals surface area contributed by atoms with Gasteiger partial charge in [0.25, 0.3) is 0 Å². The number of aryl methyl sites for hydroxylation is 1. The molecule has 2 amide bonds. The number of urea groups is 1. The summed E-state index contributed by atoms with van der Waals surface area (Å²) in [5.41, 5.74) is 1.87. The minimum absolute atomic E-state index is 0.140. The Kier molecular flexibility index (Phi) is 7.19. The molecule has 0 radical (unpaired) electrons. The smallest absolute Gasteiger partial charge is 0.321 e. The van der Waals surface area contributed by atoms with Crippen LogP contribution in [0.2, 0.25) is 0 Å². The second kappa shape index (κ2) is 9.67. The Bertz CT molecular complexity index is 832. The first-order chi connectivity index (χ1) is 14.7. The molecule has 0 atom stereocenters. The van der Waals surface area contributed by atoms with Crippen LogP contribution >= 0.6 is 0 Å². The largest absolute Gasteiger partial charge is 0.365 e. The van der Waals surface area contributed by atoms with E-state index in [9.17, 15) is 4.79 Å². The van der Waals surface area contributed by atoms with Crippen molar-refractivity contribution in [2.24, 2.45) is 0 Å². The molecule has 6 heteroatoms. The summed E-state index contributed by atoms with van der Waals surface area (Å²) in [4.78, 5) is 28.3. The van der Waals surface area contributed by atoms with Gasteiger partial charge in [0, 0.05) is 31.7 Å². The number of rotatable bonds is 6. The third kappa shape index (κ3) is 5.96. The van der Waals surface area contributed by atoms with Gasteiger partial charge in [0.1, 0.15) is 6.33 Å². The van der Waals surface area contributed by atoms with Crippen LogP contribution in [0.15, 0.2) is 49.1 Å². The zero-order chi connectivity index (χ0) is 22.5. The maximum absolute atomic E-state index is 13.7. The maximum atomic E-state index is 13.7. The lowest BCUT2D eigenvalue weighted by Gasteiger charge is -2.50. The lowest BCUT2D eigenvalue weighted by molar-refractivity contribution is 0.0655. The van der Waals surface area contributed by atoms with Crippen LogP contribution in [0.25, 0.3) is 0 Å². The molecule has 1 fully saturated rings. The first-order valence-electron chi connectivity index (χ1n) is 11.3. The van der Waals surface area contributed by atoms with Crippen molar-refractivity contribution in [3.05, 3.63) is 54.6 Å². The van der Waals surface area contributed by atoms with Gasteiger partial charge in [-0.1, -0.05) is 30.3 Å². The molecule has 1 aliphatic heterocycles. The fourth-order valence-electron chi connectivity index (χ4n) is 4.29. The summed E-state index contributed by atoms with van der Waals surface area (Å²) >= 11 is 0. The summed E-state index contributed by atoms with van der Waals surface area (Å²) in [5, 5.41) is 0. The van der Waals surface area contributed by atoms with E-state index in [0.29, 0.717) is 6.54 Å². The Labute approximate surface area is 187 Å². The van der Waals surface area contributed by atoms with Crippen molar-refractivity contribution < 1.29 is 4.79 Å². The van der Waals surface area contributed by atoms with Crippen LogP contribution in [0.4, 0.5) is 10.5 Å². The molecule has 1 saturated heterocycles. The summed E-state index contributed by atoms with van der Waals surface area (Å²) in [6.07, 6.45) is 8.36. The van der Waals surface area contributed by atoms with E-state index in [-0.39, 0.29) is 17.1 Å². The molecule has 1 aromatic heterocycles. The van der Waals surface area contributed by atoms with E-state index in [1.165, 1.54) is 5.56 Å². The van der Waals surface area contributed by atoms with Gasteiger partial charge in [-0.25, -0.2) is 14.8 Å². The maximum Gasteiger partial charge on any atom is 0.321 e. The summed E-state index contributed by atoms with van der Waals surface area (Å²) in [6.45, 7) is 13.7. The normalized spacial score (nSPS) is 16.3. The van der Waals surface area contributed by atoms with E-state index in [4.69, 9.17) is 0 Å². The van der Waals surface area contributed by atoms with Gasteiger partial charge in [-0.05, 0) is 59.4 Å². The Hall–Kier alpha value is -2.63. The van der Waals surface area contributed by atoms with Crippen molar-refractivity contribution in [2.75, 3.05) is 31.1 Å². The molecule has 168 valence electrons. The molecule has 0 saturated carbocycles. The molecule has 1 aliphatic rings. The highest BCUT2D eigenvalue weighted by Crippen LogP contribution is 2.28. The molecule has 3 rings (SSSR count). The Morgan fingerprint density at radius 3 is 2.35 bits per heavy atom. The number of aromatic nitrogens is 2. The second-order valence-electron chi connectivity index (χ2n) is 10.0. The molecule has 1 aromatic carbocycles. The second-order valence-corrected chi connectivity index (χ2v) is 10.0. The number of amides is 2. The van der Waals surface area contributed by atoms with Gasteiger partial charge in [-0.2, -0.15) is 0 Å². The highest BCUT2D eigenvalue weighted by Gasteiger charge is 2.40. The van der Waals surface area contributed by atoms with Gasteiger partial charge in [-0.3, -0.25) is 0 Å². The van der Waals surface area contributed by atoms with Crippen molar-refractivity contribution in [1.82, 2.24) is 19.8 Å². The Morgan fingerprint density at radius 1 is 1.06 bits per heavy atom. The van der Waals surface area contributed by atoms with Crippen LogP contribution < -0.4 is 4.90 Å². The Balaban J connectivity index is 1.62. The zero-order valence-corrected chi connectivity index (χ0v) is 19.7. The fourth-order valence-corrected chi connectivity index (χ4v) is 4.29. The van der Waals surface area contributed by atoms with Crippen molar-refractivity contribution in [1.29, 1.82) is 0 Å². The van der Waals surface area contributed by atoms with Crippen LogP contribution in [0.5, 0.6) is 0 Å². The molecule has 0 aliphatic carbocycles. The molecular formula is C25H37N5O. The summed E-state index contributed by atoms with van der Waals surface area (Å²) in [6, 6.07) is 10.7. The Morgan fingerprint density at radius 2 is 1.74 bits per heavy atom. The number of benzene rings is 1. The number of nitrogens with zero attached hydrogens (tertiary/aromatic N) is 5. The third-order valence-electron chi connectivity index (χ3n) is 6.03. The highest BCUT2D eigenvalue weighted by atomic mass is 16.2. The quantitative estimate of drug-likeness (QED) is 0.636. The van der Waals surface area contributed by atoms with Crippen molar-refractivity contribution in [2.45, 2.75) is 65.0 Å². The van der Waals surface area contributed by atoms with E-state index in [0.717, 1.165) is 44.6 Å². The lowest BCUT2D eigenvalue weighted by atomic mass is 9.97. The summed E-state index contributed by atoms with van der Waals surface area (Å²) < 4.78 is 0. The predicted molar refractivity (Wildman–Crippen MR) is 126 cm³/mol. The molecule has 2 heterocycles. The van der Waals surface area contributed by atoms with E-state index < -0.39 is 0 Å². The van der Waals surface area contributed by atoms with E-state index in [1.807, 2.05) is 12.4 Å². The van der Waals surface area contributed by atoms with E-state index in [1.54, 1.807) is 6.33 Å². The number of hydrogen-bond donors (Lipinski definition) is 0. The molecular weight excluding hydrogens is 386 g/mol. The van der Waals surface area contributed by atoms with Crippen LogP contribution in [0, 0.1) is 0 Å². The number of carbonyl (C=O) groups excluding carboxylic acids is 1. The lowest BCUT2D eigenvalue weighted by Crippen LogP contribution is -2.65. The predicted octanol–water partition coefficient (Wildman–Crippen LogP) is 4.62. The molecule has 0 unspecified atom stereocenters. The van der Waals surface area contributed by atoms with Crippen LogP contribution in [-0.4, -0.2) is 63.1 Å².